The number of carboxylic acid groups (broad SMARTS) is 1. The van der Waals surface area contributed by atoms with Crippen LogP contribution in [0, 0.1) is 0 Å². The highest BCUT2D eigenvalue weighted by atomic mass is 35.5. The molecule has 0 radical (unpaired) electrons. The molecular formula is C12H15ClN2O4. The number of benzene rings is 1. The molecular weight excluding hydrogens is 272 g/mol. The Labute approximate surface area is 115 Å². The molecule has 1 aromatic carbocycles. The van der Waals surface area contributed by atoms with E-state index >= 15 is 0 Å². The van der Waals surface area contributed by atoms with E-state index in [0.717, 1.165) is 0 Å². The highest BCUT2D eigenvalue weighted by Crippen LogP contribution is 2.27. The van der Waals surface area contributed by atoms with Crippen molar-refractivity contribution in [1.82, 2.24) is 5.32 Å². The van der Waals surface area contributed by atoms with Crippen LogP contribution in [0.5, 0.6) is 5.75 Å². The second-order valence-electron chi connectivity index (χ2n) is 4.35. The molecule has 0 atom stereocenters. The number of aliphatic carboxylic acids is 1. The fraction of sp³-hybridized carbons (Fsp3) is 0.333. The molecule has 1 rings (SSSR count). The first-order chi connectivity index (χ1) is 8.76. The van der Waals surface area contributed by atoms with Crippen molar-refractivity contribution in [2.75, 3.05) is 12.4 Å². The zero-order chi connectivity index (χ0) is 14.6. The Bertz CT molecular complexity index is 503. The van der Waals surface area contributed by atoms with Crippen LogP contribution >= 0.6 is 11.6 Å². The molecule has 0 heterocycles. The zero-order valence-electron chi connectivity index (χ0n) is 10.8. The van der Waals surface area contributed by atoms with Crippen molar-refractivity contribution in [2.24, 2.45) is 0 Å². The molecule has 0 aromatic heterocycles. The van der Waals surface area contributed by atoms with Crippen molar-refractivity contribution in [2.45, 2.75) is 19.4 Å². The van der Waals surface area contributed by atoms with Gasteiger partial charge in [0.25, 0.3) is 0 Å². The Morgan fingerprint density at radius 2 is 2.00 bits per heavy atom. The van der Waals surface area contributed by atoms with Gasteiger partial charge >= 0.3 is 12.0 Å². The first-order valence-electron chi connectivity index (χ1n) is 5.42. The quantitative estimate of drug-likeness (QED) is 0.793. The lowest BCUT2D eigenvalue weighted by atomic mass is 10.1. The molecule has 7 heteroatoms. The van der Waals surface area contributed by atoms with Crippen LogP contribution < -0.4 is 15.4 Å². The molecule has 0 unspecified atom stereocenters. The number of anilines is 1. The average molecular weight is 287 g/mol. The summed E-state index contributed by atoms with van der Waals surface area (Å²) >= 11 is 5.82. The fourth-order valence-electron chi connectivity index (χ4n) is 1.27. The number of carbonyl (C=O) groups is 2. The Hall–Kier alpha value is -1.95. The lowest BCUT2D eigenvalue weighted by Gasteiger charge is -2.21. The number of hydrogen-bond acceptors (Lipinski definition) is 3. The monoisotopic (exact) mass is 286 g/mol. The average Bonchev–Trinajstić information content (AvgIpc) is 2.28. The van der Waals surface area contributed by atoms with Crippen LogP contribution in [0.2, 0.25) is 5.02 Å². The minimum atomic E-state index is -1.38. The zero-order valence-corrected chi connectivity index (χ0v) is 11.5. The number of carboxylic acids is 1. The van der Waals surface area contributed by atoms with Crippen LogP contribution in [0.15, 0.2) is 18.2 Å². The van der Waals surface area contributed by atoms with Crippen molar-refractivity contribution in [1.29, 1.82) is 0 Å². The van der Waals surface area contributed by atoms with Gasteiger partial charge in [-0.15, -0.1) is 0 Å². The van der Waals surface area contributed by atoms with Crippen LogP contribution in [-0.2, 0) is 4.79 Å². The highest BCUT2D eigenvalue weighted by molar-refractivity contribution is 6.31. The summed E-state index contributed by atoms with van der Waals surface area (Å²) in [4.78, 5) is 22.6. The van der Waals surface area contributed by atoms with Gasteiger partial charge in [-0.25, -0.2) is 9.59 Å². The van der Waals surface area contributed by atoms with Gasteiger partial charge in [-0.05, 0) is 32.0 Å². The number of amides is 2. The Morgan fingerprint density at radius 1 is 1.37 bits per heavy atom. The molecule has 0 fully saturated rings. The van der Waals surface area contributed by atoms with E-state index in [1.807, 2.05) is 0 Å². The van der Waals surface area contributed by atoms with E-state index in [1.165, 1.54) is 27.0 Å². The molecule has 6 nitrogen and oxygen atoms in total. The second-order valence-corrected chi connectivity index (χ2v) is 4.79. The Morgan fingerprint density at radius 3 is 2.53 bits per heavy atom. The maximum atomic E-state index is 11.7. The SMILES string of the molecule is COc1ccc(Cl)cc1NC(=O)NC(C)(C)C(=O)O. The molecule has 0 bridgehead atoms. The number of urea groups is 1. The van der Waals surface area contributed by atoms with Crippen molar-refractivity contribution in [3.05, 3.63) is 23.2 Å². The third-order valence-electron chi connectivity index (χ3n) is 2.37. The molecule has 3 N–H and O–H groups in total. The summed E-state index contributed by atoms with van der Waals surface area (Å²) in [5.41, 5.74) is -1.02. The van der Waals surface area contributed by atoms with E-state index < -0.39 is 17.5 Å². The van der Waals surface area contributed by atoms with Gasteiger partial charge in [0.1, 0.15) is 11.3 Å². The van der Waals surface area contributed by atoms with E-state index in [0.29, 0.717) is 16.5 Å². The molecule has 0 saturated carbocycles. The molecule has 1 aromatic rings. The topological polar surface area (TPSA) is 87.7 Å². The maximum Gasteiger partial charge on any atom is 0.328 e. The van der Waals surface area contributed by atoms with E-state index in [1.54, 1.807) is 12.1 Å². The maximum absolute atomic E-state index is 11.7. The first kappa shape index (κ1) is 15.1. The van der Waals surface area contributed by atoms with Crippen molar-refractivity contribution < 1.29 is 19.4 Å². The minimum absolute atomic E-state index is 0.355. The number of nitrogens with one attached hydrogen (secondary N) is 2. The van der Waals surface area contributed by atoms with Crippen molar-refractivity contribution >= 4 is 29.3 Å². The van der Waals surface area contributed by atoms with Crippen LogP contribution in [0.3, 0.4) is 0 Å². The lowest BCUT2D eigenvalue weighted by Crippen LogP contribution is -2.51. The van der Waals surface area contributed by atoms with Gasteiger partial charge in [-0.2, -0.15) is 0 Å². The highest BCUT2D eigenvalue weighted by Gasteiger charge is 2.29. The van der Waals surface area contributed by atoms with Gasteiger partial charge in [0.15, 0.2) is 0 Å². The molecule has 0 aliphatic carbocycles. The predicted octanol–water partition coefficient (Wildman–Crippen LogP) is 2.33. The molecule has 0 saturated heterocycles. The number of halogens is 1. The summed E-state index contributed by atoms with van der Waals surface area (Å²) in [6, 6.07) is 4.06. The van der Waals surface area contributed by atoms with Gasteiger partial charge in [0.2, 0.25) is 0 Å². The van der Waals surface area contributed by atoms with Crippen LogP contribution in [0.1, 0.15) is 13.8 Å². The summed E-state index contributed by atoms with van der Waals surface area (Å²) in [7, 11) is 1.45. The van der Waals surface area contributed by atoms with Crippen LogP contribution in [0.25, 0.3) is 0 Å². The normalized spacial score (nSPS) is 10.7. The third-order valence-corrected chi connectivity index (χ3v) is 2.61. The Balaban J connectivity index is 2.83. The molecule has 104 valence electrons. The van der Waals surface area contributed by atoms with E-state index in [4.69, 9.17) is 21.4 Å². The van der Waals surface area contributed by atoms with E-state index in [2.05, 4.69) is 10.6 Å². The smallest absolute Gasteiger partial charge is 0.328 e. The van der Waals surface area contributed by atoms with E-state index in [9.17, 15) is 9.59 Å². The van der Waals surface area contributed by atoms with Crippen LogP contribution in [-0.4, -0.2) is 29.8 Å². The Kier molecular flexibility index (Phi) is 4.61. The summed E-state index contributed by atoms with van der Waals surface area (Å²) in [5, 5.41) is 14.2. The molecule has 0 spiro atoms. The standard InChI is InChI=1S/C12H15ClN2O4/c1-12(2,10(16)17)15-11(18)14-8-6-7(13)4-5-9(8)19-3/h4-6H,1-3H3,(H,16,17)(H2,14,15,18). The third kappa shape index (κ3) is 4.03. The van der Waals surface area contributed by atoms with Gasteiger partial charge in [-0.3, -0.25) is 0 Å². The molecule has 0 aliphatic heterocycles. The number of methoxy groups -OCH3 is 1. The van der Waals surface area contributed by atoms with Crippen molar-refractivity contribution in [3.8, 4) is 5.75 Å². The number of ether oxygens (including phenoxy) is 1. The largest absolute Gasteiger partial charge is 0.495 e. The molecule has 19 heavy (non-hydrogen) atoms. The molecule has 0 aliphatic rings. The van der Waals surface area contributed by atoms with Gasteiger partial charge in [0, 0.05) is 5.02 Å². The predicted molar refractivity (Wildman–Crippen MR) is 71.9 cm³/mol. The first-order valence-corrected chi connectivity index (χ1v) is 5.80. The van der Waals surface area contributed by atoms with Crippen molar-refractivity contribution in [3.63, 3.8) is 0 Å². The number of rotatable bonds is 4. The number of hydrogen-bond donors (Lipinski definition) is 3. The summed E-state index contributed by atoms with van der Waals surface area (Å²) in [6.45, 7) is 2.76. The van der Waals surface area contributed by atoms with Crippen LogP contribution in [0.4, 0.5) is 10.5 Å². The second kappa shape index (κ2) is 5.79. The molecule has 2 amide bonds. The van der Waals surface area contributed by atoms with Gasteiger partial charge in [0.05, 0.1) is 12.8 Å². The lowest BCUT2D eigenvalue weighted by molar-refractivity contribution is -0.142. The summed E-state index contributed by atoms with van der Waals surface area (Å²) in [5.74, 6) is -0.714. The summed E-state index contributed by atoms with van der Waals surface area (Å²) in [6.07, 6.45) is 0. The number of carbonyl (C=O) groups excluding carboxylic acids is 1. The summed E-state index contributed by atoms with van der Waals surface area (Å²) < 4.78 is 5.06. The van der Waals surface area contributed by atoms with Gasteiger partial charge in [-0.1, -0.05) is 11.6 Å². The minimum Gasteiger partial charge on any atom is -0.495 e. The van der Waals surface area contributed by atoms with Gasteiger partial charge < -0.3 is 20.5 Å². The fourth-order valence-corrected chi connectivity index (χ4v) is 1.44. The van der Waals surface area contributed by atoms with E-state index in [-0.39, 0.29) is 0 Å².